The Morgan fingerprint density at radius 1 is 1.17 bits per heavy atom. The Morgan fingerprint density at radius 3 is 2.62 bits per heavy atom. The summed E-state index contributed by atoms with van der Waals surface area (Å²) in [5, 5.41) is 12.2. The number of benzene rings is 1. The van der Waals surface area contributed by atoms with Gasteiger partial charge in [0.2, 0.25) is 0 Å². The van der Waals surface area contributed by atoms with Gasteiger partial charge in [-0.15, -0.1) is 5.10 Å². The Bertz CT molecular complexity index is 831. The van der Waals surface area contributed by atoms with Crippen LogP contribution >= 0.6 is 0 Å². The first-order valence-electron chi connectivity index (χ1n) is 10.8. The number of hydrogen-bond donors (Lipinski definition) is 1. The lowest BCUT2D eigenvalue weighted by molar-refractivity contribution is -0.128. The van der Waals surface area contributed by atoms with E-state index in [0.717, 1.165) is 54.7 Å². The number of carbonyl (C=O) groups excluding carboxylic acids is 1. The molecule has 156 valence electrons. The third-order valence-corrected chi connectivity index (χ3v) is 5.69. The van der Waals surface area contributed by atoms with Gasteiger partial charge in [-0.1, -0.05) is 51.0 Å². The van der Waals surface area contributed by atoms with E-state index in [4.69, 9.17) is 4.74 Å². The van der Waals surface area contributed by atoms with E-state index in [1.54, 1.807) is 0 Å². The maximum Gasteiger partial charge on any atom is 0.161 e. The van der Waals surface area contributed by atoms with Crippen LogP contribution in [-0.2, 0) is 22.5 Å². The molecule has 0 amide bonds. The second kappa shape index (κ2) is 10.1. The number of hydrogen-bond acceptors (Lipinski definition) is 5. The van der Waals surface area contributed by atoms with Gasteiger partial charge in [-0.05, 0) is 44.4 Å². The predicted molar refractivity (Wildman–Crippen MR) is 116 cm³/mol. The number of nitrogens with one attached hydrogen (secondary N) is 1. The van der Waals surface area contributed by atoms with Crippen molar-refractivity contribution >= 4 is 5.78 Å². The van der Waals surface area contributed by atoms with Gasteiger partial charge in [-0.3, -0.25) is 4.79 Å². The highest BCUT2D eigenvalue weighted by Crippen LogP contribution is 2.36. The van der Waals surface area contributed by atoms with Crippen molar-refractivity contribution in [1.82, 2.24) is 15.5 Å². The van der Waals surface area contributed by atoms with E-state index in [0.29, 0.717) is 0 Å². The first-order chi connectivity index (χ1) is 14.0. The van der Waals surface area contributed by atoms with E-state index in [9.17, 15) is 4.79 Å². The minimum absolute atomic E-state index is 0.00799. The van der Waals surface area contributed by atoms with Crippen LogP contribution in [0.4, 0.5) is 0 Å². The molecule has 2 aromatic rings. The lowest BCUT2D eigenvalue weighted by Gasteiger charge is -2.26. The summed E-state index contributed by atoms with van der Waals surface area (Å²) in [6, 6.07) is 8.53. The van der Waals surface area contributed by atoms with Crippen molar-refractivity contribution in [3.05, 3.63) is 46.6 Å². The summed E-state index contributed by atoms with van der Waals surface area (Å²) < 4.78 is 6.17. The molecule has 0 radical (unpaired) electrons. The van der Waals surface area contributed by atoms with Gasteiger partial charge in [0.05, 0.1) is 17.5 Å². The fourth-order valence-corrected chi connectivity index (χ4v) is 3.95. The number of aryl methyl sites for hydroxylation is 1. The number of fused-ring (bicyclic) bond motifs is 1. The fraction of sp³-hybridized carbons (Fsp3) is 0.542. The molecular formula is C24H33N3O2. The Hall–Kier alpha value is -2.11. The zero-order chi connectivity index (χ0) is 20.8. The van der Waals surface area contributed by atoms with Crippen LogP contribution < -0.4 is 5.32 Å². The largest absolute Gasteiger partial charge is 0.366 e. The number of carbonyl (C=O) groups is 1. The lowest BCUT2D eigenvalue weighted by atomic mass is 9.88. The van der Waals surface area contributed by atoms with Crippen molar-refractivity contribution in [2.45, 2.75) is 65.5 Å². The zero-order valence-corrected chi connectivity index (χ0v) is 18.1. The summed E-state index contributed by atoms with van der Waals surface area (Å²) in [5.41, 5.74) is 6.58. The Morgan fingerprint density at radius 2 is 1.93 bits per heavy atom. The SMILES string of the molecule is CNCc1ccc(-c2nnc(C)c3c2CCCCCC3OCC(=O)C(C)C)cc1. The second-order valence-electron chi connectivity index (χ2n) is 8.27. The average Bonchev–Trinajstić information content (AvgIpc) is 2.69. The van der Waals surface area contributed by atoms with Crippen LogP contribution in [0.5, 0.6) is 0 Å². The number of aromatic nitrogens is 2. The van der Waals surface area contributed by atoms with Crippen LogP contribution in [0.15, 0.2) is 24.3 Å². The van der Waals surface area contributed by atoms with Crippen LogP contribution in [0.1, 0.15) is 68.0 Å². The number of ketones is 1. The minimum atomic E-state index is -0.0918. The summed E-state index contributed by atoms with van der Waals surface area (Å²) in [4.78, 5) is 12.2. The maximum absolute atomic E-state index is 12.2. The van der Waals surface area contributed by atoms with Crippen molar-refractivity contribution in [2.24, 2.45) is 5.92 Å². The van der Waals surface area contributed by atoms with Crippen molar-refractivity contribution in [2.75, 3.05) is 13.7 Å². The highest BCUT2D eigenvalue weighted by molar-refractivity contribution is 5.81. The second-order valence-corrected chi connectivity index (χ2v) is 8.27. The summed E-state index contributed by atoms with van der Waals surface area (Å²) >= 11 is 0. The summed E-state index contributed by atoms with van der Waals surface area (Å²) in [6.45, 7) is 6.86. The molecular weight excluding hydrogens is 362 g/mol. The van der Waals surface area contributed by atoms with Gasteiger partial charge in [-0.2, -0.15) is 5.10 Å². The Balaban J connectivity index is 1.97. The number of ether oxygens (including phenoxy) is 1. The van der Waals surface area contributed by atoms with Gasteiger partial charge in [-0.25, -0.2) is 0 Å². The molecule has 1 aromatic heterocycles. The zero-order valence-electron chi connectivity index (χ0n) is 18.1. The van der Waals surface area contributed by atoms with Gasteiger partial charge in [0.15, 0.2) is 5.78 Å². The van der Waals surface area contributed by atoms with Gasteiger partial charge in [0.25, 0.3) is 0 Å². The molecule has 1 aliphatic carbocycles. The normalized spacial score (nSPS) is 16.9. The molecule has 1 aromatic carbocycles. The van der Waals surface area contributed by atoms with Crippen LogP contribution in [0.2, 0.25) is 0 Å². The molecule has 1 unspecified atom stereocenters. The van der Waals surface area contributed by atoms with Gasteiger partial charge < -0.3 is 10.1 Å². The van der Waals surface area contributed by atoms with Crippen LogP contribution in [0.25, 0.3) is 11.3 Å². The highest BCUT2D eigenvalue weighted by Gasteiger charge is 2.26. The van der Waals surface area contributed by atoms with Crippen molar-refractivity contribution in [1.29, 1.82) is 0 Å². The van der Waals surface area contributed by atoms with E-state index >= 15 is 0 Å². The van der Waals surface area contributed by atoms with Crippen LogP contribution in [0.3, 0.4) is 0 Å². The topological polar surface area (TPSA) is 64.1 Å². The van der Waals surface area contributed by atoms with Crippen molar-refractivity contribution < 1.29 is 9.53 Å². The van der Waals surface area contributed by atoms with E-state index in [1.165, 1.54) is 17.5 Å². The maximum atomic E-state index is 12.2. The summed E-state index contributed by atoms with van der Waals surface area (Å²) in [5.74, 6) is 0.139. The first-order valence-corrected chi connectivity index (χ1v) is 10.8. The Labute approximate surface area is 174 Å². The molecule has 1 aliphatic rings. The molecule has 0 saturated heterocycles. The first kappa shape index (κ1) is 21.6. The van der Waals surface area contributed by atoms with E-state index < -0.39 is 0 Å². The number of Topliss-reactive ketones (excluding diaryl/α,β-unsaturated/α-hetero) is 1. The third kappa shape index (κ3) is 5.28. The fourth-order valence-electron chi connectivity index (χ4n) is 3.95. The van der Waals surface area contributed by atoms with Crippen molar-refractivity contribution in [3.63, 3.8) is 0 Å². The van der Waals surface area contributed by atoms with E-state index in [2.05, 4.69) is 39.8 Å². The quantitative estimate of drug-likeness (QED) is 0.744. The lowest BCUT2D eigenvalue weighted by Crippen LogP contribution is -2.20. The van der Waals surface area contributed by atoms with Gasteiger partial charge in [0, 0.05) is 23.6 Å². The number of nitrogens with zero attached hydrogens (tertiary/aromatic N) is 2. The monoisotopic (exact) mass is 395 g/mol. The van der Waals surface area contributed by atoms with Gasteiger partial charge in [0.1, 0.15) is 6.61 Å². The van der Waals surface area contributed by atoms with Crippen LogP contribution in [0, 0.1) is 12.8 Å². The molecule has 5 nitrogen and oxygen atoms in total. The molecule has 5 heteroatoms. The molecule has 3 rings (SSSR count). The standard InChI is InChI=1S/C24H33N3O2/c1-16(2)21(28)15-29-22-9-7-5-6-8-20-23(22)17(3)26-27-24(20)19-12-10-18(11-13-19)14-25-4/h10-13,16,22,25H,5-9,14-15H2,1-4H3. The van der Waals surface area contributed by atoms with E-state index in [-0.39, 0.29) is 24.4 Å². The minimum Gasteiger partial charge on any atom is -0.366 e. The molecule has 0 saturated carbocycles. The molecule has 1 atom stereocenters. The highest BCUT2D eigenvalue weighted by atomic mass is 16.5. The molecule has 1 N–H and O–H groups in total. The van der Waals surface area contributed by atoms with Gasteiger partial charge >= 0.3 is 0 Å². The molecule has 0 fully saturated rings. The third-order valence-electron chi connectivity index (χ3n) is 5.69. The van der Waals surface area contributed by atoms with Crippen molar-refractivity contribution in [3.8, 4) is 11.3 Å². The molecule has 0 spiro atoms. The number of rotatable bonds is 7. The summed E-state index contributed by atoms with van der Waals surface area (Å²) in [6.07, 6.45) is 5.21. The smallest absolute Gasteiger partial charge is 0.161 e. The van der Waals surface area contributed by atoms with E-state index in [1.807, 2.05) is 27.8 Å². The molecule has 29 heavy (non-hydrogen) atoms. The Kier molecular flexibility index (Phi) is 7.51. The summed E-state index contributed by atoms with van der Waals surface area (Å²) in [7, 11) is 1.95. The van der Waals surface area contributed by atoms with Crippen LogP contribution in [-0.4, -0.2) is 29.6 Å². The predicted octanol–water partition coefficient (Wildman–Crippen LogP) is 4.57. The molecule has 0 aliphatic heterocycles. The molecule has 1 heterocycles. The average molecular weight is 396 g/mol. The molecule has 0 bridgehead atoms.